The molecule has 3 N–H and O–H groups in total. The number of rotatable bonds is 2. The number of amides is 1. The summed E-state index contributed by atoms with van der Waals surface area (Å²) in [4.78, 5) is 16.2. The SMILES string of the molecule is NCC#Cc1ccnc(NC(=O)c2cnns2)c1. The lowest BCUT2D eigenvalue weighted by Crippen LogP contribution is -2.11. The Hall–Kier alpha value is -2.30. The first-order valence-electron chi connectivity index (χ1n) is 5.03. The van der Waals surface area contributed by atoms with E-state index >= 15 is 0 Å². The van der Waals surface area contributed by atoms with Gasteiger partial charge in [-0.1, -0.05) is 16.3 Å². The molecule has 1 amide bonds. The van der Waals surface area contributed by atoms with Crippen molar-refractivity contribution in [1.82, 2.24) is 14.6 Å². The lowest BCUT2D eigenvalue weighted by molar-refractivity contribution is 0.103. The van der Waals surface area contributed by atoms with E-state index in [-0.39, 0.29) is 12.5 Å². The van der Waals surface area contributed by atoms with Crippen LogP contribution in [0, 0.1) is 11.8 Å². The molecule has 0 bridgehead atoms. The first-order valence-corrected chi connectivity index (χ1v) is 5.80. The molecular formula is C11H9N5OS. The van der Waals surface area contributed by atoms with Crippen molar-refractivity contribution in [3.8, 4) is 11.8 Å². The summed E-state index contributed by atoms with van der Waals surface area (Å²) in [6.07, 6.45) is 2.97. The third-order valence-corrected chi connectivity index (χ3v) is 2.58. The van der Waals surface area contributed by atoms with Gasteiger partial charge in [-0.05, 0) is 23.7 Å². The topological polar surface area (TPSA) is 93.8 Å². The highest BCUT2D eigenvalue weighted by atomic mass is 32.1. The van der Waals surface area contributed by atoms with Crippen LogP contribution < -0.4 is 11.1 Å². The van der Waals surface area contributed by atoms with E-state index in [9.17, 15) is 4.79 Å². The van der Waals surface area contributed by atoms with Gasteiger partial charge >= 0.3 is 0 Å². The molecule has 0 spiro atoms. The van der Waals surface area contributed by atoms with Crippen LogP contribution in [0.25, 0.3) is 0 Å². The second-order valence-corrected chi connectivity index (χ2v) is 3.96. The number of carbonyl (C=O) groups is 1. The molecule has 90 valence electrons. The summed E-state index contributed by atoms with van der Waals surface area (Å²) in [6.45, 7) is 0.288. The Bertz CT molecular complexity index is 599. The van der Waals surface area contributed by atoms with Crippen LogP contribution in [0.15, 0.2) is 24.5 Å². The molecule has 2 heterocycles. The second-order valence-electron chi connectivity index (χ2n) is 3.17. The molecule has 0 saturated heterocycles. The fourth-order valence-electron chi connectivity index (χ4n) is 1.17. The largest absolute Gasteiger partial charge is 0.320 e. The molecule has 2 aromatic heterocycles. The first kappa shape index (κ1) is 12.2. The number of nitrogens with one attached hydrogen (secondary N) is 1. The summed E-state index contributed by atoms with van der Waals surface area (Å²) in [5.74, 6) is 5.73. The monoisotopic (exact) mass is 259 g/mol. The van der Waals surface area contributed by atoms with Crippen LogP contribution in [0.2, 0.25) is 0 Å². The quantitative estimate of drug-likeness (QED) is 0.766. The Kier molecular flexibility index (Phi) is 3.96. The third kappa shape index (κ3) is 3.10. The van der Waals surface area contributed by atoms with E-state index in [1.165, 1.54) is 6.20 Å². The van der Waals surface area contributed by atoms with Crippen LogP contribution in [0.5, 0.6) is 0 Å². The maximum atomic E-state index is 11.7. The van der Waals surface area contributed by atoms with Crippen molar-refractivity contribution >= 4 is 23.3 Å². The minimum atomic E-state index is -0.290. The molecule has 0 aliphatic rings. The zero-order valence-corrected chi connectivity index (χ0v) is 10.1. The van der Waals surface area contributed by atoms with Crippen LogP contribution in [0.4, 0.5) is 5.82 Å². The van der Waals surface area contributed by atoms with Crippen molar-refractivity contribution < 1.29 is 4.79 Å². The van der Waals surface area contributed by atoms with E-state index in [1.807, 2.05) is 0 Å². The van der Waals surface area contributed by atoms with Gasteiger partial charge < -0.3 is 11.1 Å². The van der Waals surface area contributed by atoms with E-state index in [1.54, 1.807) is 18.3 Å². The normalized spacial score (nSPS) is 9.39. The Balaban J connectivity index is 2.12. The number of hydrogen-bond acceptors (Lipinski definition) is 6. The van der Waals surface area contributed by atoms with Gasteiger partial charge in [0.05, 0.1) is 12.7 Å². The average molecular weight is 259 g/mol. The molecule has 0 aliphatic heterocycles. The van der Waals surface area contributed by atoms with Gasteiger partial charge in [0.2, 0.25) is 0 Å². The van der Waals surface area contributed by atoms with Gasteiger partial charge in [0, 0.05) is 11.8 Å². The zero-order chi connectivity index (χ0) is 12.8. The van der Waals surface area contributed by atoms with Crippen LogP contribution in [-0.2, 0) is 0 Å². The van der Waals surface area contributed by atoms with Gasteiger partial charge in [-0.15, -0.1) is 5.10 Å². The number of nitrogens with two attached hydrogens (primary N) is 1. The molecule has 0 aromatic carbocycles. The number of pyridine rings is 1. The predicted molar refractivity (Wildman–Crippen MR) is 68.0 cm³/mol. The lowest BCUT2D eigenvalue weighted by atomic mass is 10.2. The Morgan fingerprint density at radius 2 is 2.44 bits per heavy atom. The van der Waals surface area contributed by atoms with Crippen LogP contribution in [0.1, 0.15) is 15.2 Å². The lowest BCUT2D eigenvalue weighted by Gasteiger charge is -2.01. The van der Waals surface area contributed by atoms with Crippen molar-refractivity contribution in [3.63, 3.8) is 0 Å². The van der Waals surface area contributed by atoms with Gasteiger partial charge in [0.25, 0.3) is 5.91 Å². The molecule has 2 rings (SSSR count). The highest BCUT2D eigenvalue weighted by Gasteiger charge is 2.09. The van der Waals surface area contributed by atoms with E-state index in [4.69, 9.17) is 5.73 Å². The van der Waals surface area contributed by atoms with E-state index in [0.717, 1.165) is 17.1 Å². The molecule has 0 saturated carbocycles. The van der Waals surface area contributed by atoms with E-state index in [2.05, 4.69) is 31.7 Å². The molecule has 6 nitrogen and oxygen atoms in total. The molecular weight excluding hydrogens is 250 g/mol. The van der Waals surface area contributed by atoms with Crippen LogP contribution in [-0.4, -0.2) is 27.0 Å². The number of nitrogens with zero attached hydrogens (tertiary/aromatic N) is 3. The van der Waals surface area contributed by atoms with Gasteiger partial charge in [-0.2, -0.15) is 0 Å². The third-order valence-electron chi connectivity index (χ3n) is 1.92. The first-order chi connectivity index (χ1) is 8.79. The average Bonchev–Trinajstić information content (AvgIpc) is 2.91. The molecule has 0 unspecified atom stereocenters. The summed E-state index contributed by atoms with van der Waals surface area (Å²) in [5.41, 5.74) is 6.03. The summed E-state index contributed by atoms with van der Waals surface area (Å²) in [7, 11) is 0. The number of hydrogen-bond donors (Lipinski definition) is 2. The number of aromatic nitrogens is 3. The molecule has 0 aliphatic carbocycles. The van der Waals surface area contributed by atoms with Crippen molar-refractivity contribution in [3.05, 3.63) is 35.0 Å². The van der Waals surface area contributed by atoms with Gasteiger partial charge in [0.1, 0.15) is 10.7 Å². The van der Waals surface area contributed by atoms with Gasteiger partial charge in [-0.3, -0.25) is 4.79 Å². The van der Waals surface area contributed by atoms with Gasteiger partial charge in [-0.25, -0.2) is 4.98 Å². The fourth-order valence-corrected chi connectivity index (χ4v) is 1.59. The van der Waals surface area contributed by atoms with E-state index in [0.29, 0.717) is 10.7 Å². The maximum Gasteiger partial charge on any atom is 0.270 e. The standard InChI is InChI=1S/C11H9N5OS/c12-4-1-2-8-3-5-13-10(6-8)15-11(17)9-7-14-16-18-9/h3,5-7H,4,12H2,(H,13,15,17). The Morgan fingerprint density at radius 3 is 3.17 bits per heavy atom. The smallest absolute Gasteiger partial charge is 0.270 e. The summed E-state index contributed by atoms with van der Waals surface area (Å²) >= 11 is 1.02. The highest BCUT2D eigenvalue weighted by Crippen LogP contribution is 2.09. The number of anilines is 1. The molecule has 18 heavy (non-hydrogen) atoms. The Morgan fingerprint density at radius 1 is 1.56 bits per heavy atom. The fraction of sp³-hybridized carbons (Fsp3) is 0.0909. The highest BCUT2D eigenvalue weighted by molar-refractivity contribution is 7.07. The van der Waals surface area contributed by atoms with Crippen molar-refractivity contribution in [2.24, 2.45) is 5.73 Å². The van der Waals surface area contributed by atoms with Crippen molar-refractivity contribution in [2.45, 2.75) is 0 Å². The molecule has 7 heteroatoms. The Labute approximate surface area is 107 Å². The summed E-state index contributed by atoms with van der Waals surface area (Å²) in [6, 6.07) is 3.42. The molecule has 2 aromatic rings. The number of carbonyl (C=O) groups excluding carboxylic acids is 1. The zero-order valence-electron chi connectivity index (χ0n) is 9.25. The van der Waals surface area contributed by atoms with Crippen molar-refractivity contribution in [2.75, 3.05) is 11.9 Å². The predicted octanol–water partition coefficient (Wildman–Crippen LogP) is 0.496. The van der Waals surface area contributed by atoms with Gasteiger partial charge in [0.15, 0.2) is 0 Å². The maximum absolute atomic E-state index is 11.7. The summed E-state index contributed by atoms with van der Waals surface area (Å²) in [5, 5.41) is 6.24. The second kappa shape index (κ2) is 5.86. The van der Waals surface area contributed by atoms with Crippen molar-refractivity contribution in [1.29, 1.82) is 0 Å². The minimum Gasteiger partial charge on any atom is -0.320 e. The van der Waals surface area contributed by atoms with Crippen LogP contribution in [0.3, 0.4) is 0 Å². The summed E-state index contributed by atoms with van der Waals surface area (Å²) < 4.78 is 3.62. The minimum absolute atomic E-state index is 0.288. The molecule has 0 atom stereocenters. The van der Waals surface area contributed by atoms with E-state index < -0.39 is 0 Å². The molecule has 0 radical (unpaired) electrons. The molecule has 0 fully saturated rings. The van der Waals surface area contributed by atoms with Crippen LogP contribution >= 0.6 is 11.5 Å².